The van der Waals surface area contributed by atoms with Crippen LogP contribution in [0.2, 0.25) is 0 Å². The van der Waals surface area contributed by atoms with Crippen molar-refractivity contribution in [1.82, 2.24) is 4.31 Å². The Labute approximate surface area is 105 Å². The van der Waals surface area contributed by atoms with Crippen LogP contribution in [0.25, 0.3) is 0 Å². The highest BCUT2D eigenvalue weighted by Crippen LogP contribution is 2.18. The SMILES string of the molecule is CN(CCCN)S(=O)(=O)c1ccc([N+](=O)[O-])cc1. The minimum absolute atomic E-state index is 0.0348. The Bertz CT molecular complexity index is 512. The topological polar surface area (TPSA) is 107 Å². The molecule has 0 saturated heterocycles. The van der Waals surface area contributed by atoms with Crippen LogP contribution in [0.1, 0.15) is 6.42 Å². The molecule has 0 fully saturated rings. The van der Waals surface area contributed by atoms with Crippen LogP contribution in [0.5, 0.6) is 0 Å². The van der Waals surface area contributed by atoms with Crippen LogP contribution in [0.15, 0.2) is 29.2 Å². The molecule has 0 amide bonds. The van der Waals surface area contributed by atoms with E-state index in [0.717, 1.165) is 0 Å². The summed E-state index contributed by atoms with van der Waals surface area (Å²) in [6.45, 7) is 0.718. The van der Waals surface area contributed by atoms with Crippen molar-refractivity contribution < 1.29 is 13.3 Å². The van der Waals surface area contributed by atoms with E-state index < -0.39 is 14.9 Å². The van der Waals surface area contributed by atoms with E-state index in [1.54, 1.807) is 0 Å². The Hall–Kier alpha value is -1.51. The summed E-state index contributed by atoms with van der Waals surface area (Å²) < 4.78 is 25.3. The highest BCUT2D eigenvalue weighted by molar-refractivity contribution is 7.89. The fourth-order valence-corrected chi connectivity index (χ4v) is 2.56. The van der Waals surface area contributed by atoms with Gasteiger partial charge >= 0.3 is 0 Å². The lowest BCUT2D eigenvalue weighted by molar-refractivity contribution is -0.384. The first-order valence-corrected chi connectivity index (χ1v) is 6.74. The predicted octanol–water partition coefficient (Wildman–Crippen LogP) is 0.564. The number of non-ortho nitro benzene ring substituents is 1. The zero-order chi connectivity index (χ0) is 13.8. The van der Waals surface area contributed by atoms with E-state index in [1.165, 1.54) is 35.6 Å². The Balaban J connectivity index is 2.94. The molecule has 0 aliphatic carbocycles. The van der Waals surface area contributed by atoms with Crippen LogP contribution in [0, 0.1) is 10.1 Å². The third kappa shape index (κ3) is 3.25. The number of sulfonamides is 1. The van der Waals surface area contributed by atoms with Crippen molar-refractivity contribution in [3.63, 3.8) is 0 Å². The quantitative estimate of drug-likeness (QED) is 0.602. The molecule has 0 aliphatic heterocycles. The maximum Gasteiger partial charge on any atom is 0.269 e. The van der Waals surface area contributed by atoms with Crippen molar-refractivity contribution in [2.45, 2.75) is 11.3 Å². The number of benzene rings is 1. The van der Waals surface area contributed by atoms with Gasteiger partial charge in [-0.3, -0.25) is 10.1 Å². The van der Waals surface area contributed by atoms with E-state index in [1.807, 2.05) is 0 Å². The number of hydrogen-bond acceptors (Lipinski definition) is 5. The lowest BCUT2D eigenvalue weighted by atomic mass is 10.3. The van der Waals surface area contributed by atoms with Gasteiger partial charge in [0.25, 0.3) is 5.69 Å². The van der Waals surface area contributed by atoms with Crippen LogP contribution in [0.4, 0.5) is 5.69 Å². The van der Waals surface area contributed by atoms with E-state index in [2.05, 4.69) is 0 Å². The second-order valence-corrected chi connectivity index (χ2v) is 5.76. The molecule has 100 valence electrons. The summed E-state index contributed by atoms with van der Waals surface area (Å²) in [7, 11) is -2.15. The van der Waals surface area contributed by atoms with E-state index in [0.29, 0.717) is 19.5 Å². The number of nitro benzene ring substituents is 1. The maximum absolute atomic E-state index is 12.0. The van der Waals surface area contributed by atoms with Crippen LogP contribution >= 0.6 is 0 Å². The van der Waals surface area contributed by atoms with Gasteiger partial charge in [0.15, 0.2) is 0 Å². The molecule has 0 atom stereocenters. The Kier molecular flexibility index (Phi) is 4.76. The van der Waals surface area contributed by atoms with Crippen molar-refractivity contribution in [2.24, 2.45) is 5.73 Å². The fraction of sp³-hybridized carbons (Fsp3) is 0.400. The monoisotopic (exact) mass is 273 g/mol. The van der Waals surface area contributed by atoms with E-state index >= 15 is 0 Å². The van der Waals surface area contributed by atoms with Gasteiger partial charge in [0.05, 0.1) is 9.82 Å². The first kappa shape index (κ1) is 14.6. The molecule has 0 aliphatic rings. The summed E-state index contributed by atoms with van der Waals surface area (Å²) in [5.74, 6) is 0. The average Bonchev–Trinajstić information content (AvgIpc) is 2.35. The molecule has 1 rings (SSSR count). The van der Waals surface area contributed by atoms with Gasteiger partial charge in [-0.1, -0.05) is 0 Å². The third-order valence-electron chi connectivity index (χ3n) is 2.43. The summed E-state index contributed by atoms with van der Waals surface area (Å²) in [5.41, 5.74) is 5.18. The van der Waals surface area contributed by atoms with E-state index in [9.17, 15) is 18.5 Å². The van der Waals surface area contributed by atoms with Crippen molar-refractivity contribution in [3.05, 3.63) is 34.4 Å². The standard InChI is InChI=1S/C10H15N3O4S/c1-12(8-2-7-11)18(16,17)10-5-3-9(4-6-10)13(14)15/h3-6H,2,7-8,11H2,1H3. The Morgan fingerprint density at radius 2 is 1.89 bits per heavy atom. The number of nitrogens with zero attached hydrogens (tertiary/aromatic N) is 2. The van der Waals surface area contributed by atoms with Gasteiger partial charge in [0, 0.05) is 25.7 Å². The number of rotatable bonds is 6. The number of hydrogen-bond donors (Lipinski definition) is 1. The van der Waals surface area contributed by atoms with E-state index in [4.69, 9.17) is 5.73 Å². The molecule has 0 spiro atoms. The lowest BCUT2D eigenvalue weighted by Crippen LogP contribution is -2.29. The molecule has 0 bridgehead atoms. The third-order valence-corrected chi connectivity index (χ3v) is 4.30. The molecule has 8 heteroatoms. The Morgan fingerprint density at radius 1 is 1.33 bits per heavy atom. The summed E-state index contributed by atoms with van der Waals surface area (Å²) >= 11 is 0. The van der Waals surface area contributed by atoms with Gasteiger partial charge < -0.3 is 5.73 Å². The van der Waals surface area contributed by atoms with Gasteiger partial charge in [0.2, 0.25) is 10.0 Å². The summed E-state index contributed by atoms with van der Waals surface area (Å²) in [6.07, 6.45) is 0.558. The van der Waals surface area contributed by atoms with Gasteiger partial charge in [0.1, 0.15) is 0 Å². The van der Waals surface area contributed by atoms with Gasteiger partial charge in [-0.25, -0.2) is 12.7 Å². The molecular formula is C10H15N3O4S. The fourth-order valence-electron chi connectivity index (χ4n) is 1.35. The highest BCUT2D eigenvalue weighted by Gasteiger charge is 2.20. The zero-order valence-electron chi connectivity index (χ0n) is 9.94. The van der Waals surface area contributed by atoms with E-state index in [-0.39, 0.29) is 10.6 Å². The predicted molar refractivity (Wildman–Crippen MR) is 66.6 cm³/mol. The lowest BCUT2D eigenvalue weighted by Gasteiger charge is -2.16. The van der Waals surface area contributed by atoms with Crippen molar-refractivity contribution in [3.8, 4) is 0 Å². The van der Waals surface area contributed by atoms with Crippen LogP contribution in [-0.4, -0.2) is 37.8 Å². The minimum Gasteiger partial charge on any atom is -0.330 e. The molecule has 18 heavy (non-hydrogen) atoms. The summed E-state index contributed by atoms with van der Waals surface area (Å²) in [4.78, 5) is 9.93. The molecule has 2 N–H and O–H groups in total. The number of nitro groups is 1. The normalized spacial score (nSPS) is 11.7. The van der Waals surface area contributed by atoms with Gasteiger partial charge in [-0.2, -0.15) is 0 Å². The second-order valence-electron chi connectivity index (χ2n) is 3.72. The minimum atomic E-state index is -3.60. The molecule has 1 aromatic rings. The second kappa shape index (κ2) is 5.89. The highest BCUT2D eigenvalue weighted by atomic mass is 32.2. The zero-order valence-corrected chi connectivity index (χ0v) is 10.8. The van der Waals surface area contributed by atoms with Crippen molar-refractivity contribution >= 4 is 15.7 Å². The first-order chi connectivity index (χ1) is 8.39. The van der Waals surface area contributed by atoms with Crippen LogP contribution in [0.3, 0.4) is 0 Å². The summed E-state index contributed by atoms with van der Waals surface area (Å²) in [5, 5.41) is 10.5. The largest absolute Gasteiger partial charge is 0.330 e. The molecule has 0 radical (unpaired) electrons. The Morgan fingerprint density at radius 3 is 2.33 bits per heavy atom. The van der Waals surface area contributed by atoms with Gasteiger partial charge in [-0.15, -0.1) is 0 Å². The smallest absolute Gasteiger partial charge is 0.269 e. The van der Waals surface area contributed by atoms with Crippen LogP contribution < -0.4 is 5.73 Å². The molecule has 1 aromatic carbocycles. The molecule has 0 unspecified atom stereocenters. The molecular weight excluding hydrogens is 258 g/mol. The summed E-state index contributed by atoms with van der Waals surface area (Å²) in [6, 6.07) is 4.80. The van der Waals surface area contributed by atoms with Crippen LogP contribution in [-0.2, 0) is 10.0 Å². The molecule has 0 aromatic heterocycles. The van der Waals surface area contributed by atoms with Crippen molar-refractivity contribution in [1.29, 1.82) is 0 Å². The van der Waals surface area contributed by atoms with Gasteiger partial charge in [-0.05, 0) is 25.1 Å². The molecule has 0 heterocycles. The average molecular weight is 273 g/mol. The maximum atomic E-state index is 12.0. The first-order valence-electron chi connectivity index (χ1n) is 5.30. The number of nitrogens with two attached hydrogens (primary N) is 1. The molecule has 0 saturated carbocycles. The molecule has 7 nitrogen and oxygen atoms in total. The van der Waals surface area contributed by atoms with Crippen molar-refractivity contribution in [2.75, 3.05) is 20.1 Å².